The van der Waals surface area contributed by atoms with E-state index in [9.17, 15) is 25.5 Å². The van der Waals surface area contributed by atoms with Crippen LogP contribution in [0, 0.1) is 11.3 Å². The Morgan fingerprint density at radius 3 is 2.35 bits per heavy atom. The summed E-state index contributed by atoms with van der Waals surface area (Å²) in [5.41, 5.74) is -0.920. The summed E-state index contributed by atoms with van der Waals surface area (Å²) in [7, 11) is 0. The Hall–Kier alpha value is 0.0700. The predicted molar refractivity (Wildman–Crippen MR) is 85.0 cm³/mol. The fourth-order valence-corrected chi connectivity index (χ4v) is 4.39. The van der Waals surface area contributed by atoms with Crippen molar-refractivity contribution in [1.82, 2.24) is 0 Å². The summed E-state index contributed by atoms with van der Waals surface area (Å²) in [6.07, 6.45) is -0.470. The van der Waals surface area contributed by atoms with Crippen molar-refractivity contribution < 1.29 is 35.0 Å². The van der Waals surface area contributed by atoms with E-state index >= 15 is 0 Å². The molecule has 23 heavy (non-hydrogen) atoms. The lowest BCUT2D eigenvalue weighted by atomic mass is 9.86. The van der Waals surface area contributed by atoms with E-state index in [2.05, 4.69) is 0 Å². The van der Waals surface area contributed by atoms with E-state index in [1.54, 1.807) is 0 Å². The maximum atomic E-state index is 10.3. The number of aliphatic hydroxyl groups is 5. The molecule has 5 atom stereocenters. The molecule has 3 aliphatic rings. The molecular formula is C15H28O7S. The number of ether oxygens (including phenoxy) is 2. The number of fused-ring (bicyclic) bond motifs is 6. The summed E-state index contributed by atoms with van der Waals surface area (Å²) >= 11 is 1.45. The van der Waals surface area contributed by atoms with Gasteiger partial charge in [-0.05, 0) is 12.8 Å². The average Bonchev–Trinajstić information content (AvgIpc) is 2.71. The summed E-state index contributed by atoms with van der Waals surface area (Å²) < 4.78 is 11.3. The Balaban J connectivity index is 1.96. The van der Waals surface area contributed by atoms with Crippen molar-refractivity contribution in [3.05, 3.63) is 0 Å². The van der Waals surface area contributed by atoms with Crippen LogP contribution in [0.2, 0.25) is 0 Å². The van der Waals surface area contributed by atoms with Crippen LogP contribution in [0.4, 0.5) is 0 Å². The fraction of sp³-hybridized carbons (Fsp3) is 1.00. The van der Waals surface area contributed by atoms with Crippen LogP contribution in [0.1, 0.15) is 19.3 Å². The van der Waals surface area contributed by atoms with Crippen molar-refractivity contribution in [1.29, 1.82) is 0 Å². The van der Waals surface area contributed by atoms with Gasteiger partial charge >= 0.3 is 0 Å². The Morgan fingerprint density at radius 2 is 1.70 bits per heavy atom. The summed E-state index contributed by atoms with van der Waals surface area (Å²) in [6.45, 7) is -0.386. The van der Waals surface area contributed by atoms with Crippen LogP contribution < -0.4 is 0 Å². The first-order valence-electron chi connectivity index (χ1n) is 8.10. The molecule has 3 aliphatic heterocycles. The SMILES string of the molecule is OCC(CO)(CO)CSCC1OC2OCCCCC1C(O)C2O. The molecule has 0 radical (unpaired) electrons. The first-order valence-corrected chi connectivity index (χ1v) is 9.26. The molecule has 0 aliphatic carbocycles. The van der Waals surface area contributed by atoms with Crippen LogP contribution in [0.25, 0.3) is 0 Å². The number of aliphatic hydroxyl groups excluding tert-OH is 5. The molecule has 2 bridgehead atoms. The molecule has 3 fully saturated rings. The summed E-state index contributed by atoms with van der Waals surface area (Å²) in [4.78, 5) is 0. The van der Waals surface area contributed by atoms with Gasteiger partial charge in [-0.2, -0.15) is 11.8 Å². The van der Waals surface area contributed by atoms with Crippen LogP contribution >= 0.6 is 11.8 Å². The molecule has 0 saturated carbocycles. The molecular weight excluding hydrogens is 324 g/mol. The first-order chi connectivity index (χ1) is 11.1. The minimum absolute atomic E-state index is 0.165. The van der Waals surface area contributed by atoms with Gasteiger partial charge in [-0.1, -0.05) is 6.42 Å². The average molecular weight is 352 g/mol. The standard InChI is InChI=1S/C15H28O7S/c16-6-15(7-17,8-18)9-23-5-11-10-3-1-2-4-21-14(22-11)13(20)12(10)19/h10-14,16-20H,1-9H2. The Morgan fingerprint density at radius 1 is 1.00 bits per heavy atom. The maximum absolute atomic E-state index is 10.3. The highest BCUT2D eigenvalue weighted by Gasteiger charge is 2.45. The van der Waals surface area contributed by atoms with Crippen LogP contribution in [0.5, 0.6) is 0 Å². The van der Waals surface area contributed by atoms with Gasteiger partial charge < -0.3 is 35.0 Å². The van der Waals surface area contributed by atoms with Crippen molar-refractivity contribution >= 4 is 11.8 Å². The van der Waals surface area contributed by atoms with Crippen LogP contribution in [0.3, 0.4) is 0 Å². The van der Waals surface area contributed by atoms with Gasteiger partial charge in [0.2, 0.25) is 0 Å². The van der Waals surface area contributed by atoms with Crippen molar-refractivity contribution in [2.45, 2.75) is 43.9 Å². The molecule has 3 saturated heterocycles. The zero-order chi connectivity index (χ0) is 16.9. The summed E-state index contributed by atoms with van der Waals surface area (Å²) in [5, 5.41) is 48.5. The first kappa shape index (κ1) is 19.4. The number of hydrogen-bond donors (Lipinski definition) is 5. The van der Waals surface area contributed by atoms with E-state index in [4.69, 9.17) is 9.47 Å². The van der Waals surface area contributed by atoms with Gasteiger partial charge in [-0.3, -0.25) is 0 Å². The van der Waals surface area contributed by atoms with Crippen LogP contribution in [-0.2, 0) is 9.47 Å². The van der Waals surface area contributed by atoms with Crippen LogP contribution in [0.15, 0.2) is 0 Å². The number of rotatable bonds is 7. The molecule has 5 unspecified atom stereocenters. The summed E-state index contributed by atoms with van der Waals surface area (Å²) in [6, 6.07) is 0. The van der Waals surface area contributed by atoms with E-state index in [0.717, 1.165) is 19.3 Å². The molecule has 136 valence electrons. The van der Waals surface area contributed by atoms with E-state index in [-0.39, 0.29) is 31.8 Å². The topological polar surface area (TPSA) is 120 Å². The van der Waals surface area contributed by atoms with Crippen molar-refractivity contribution in [3.8, 4) is 0 Å². The minimum atomic E-state index is -1.04. The van der Waals surface area contributed by atoms with E-state index in [1.807, 2.05) is 0 Å². The van der Waals surface area contributed by atoms with Crippen molar-refractivity contribution in [2.75, 3.05) is 37.9 Å². The second-order valence-corrected chi connectivity index (χ2v) is 7.57. The molecule has 8 heteroatoms. The second kappa shape index (κ2) is 8.96. The molecule has 0 aromatic carbocycles. The molecule has 0 aromatic rings. The van der Waals surface area contributed by atoms with Gasteiger partial charge in [-0.15, -0.1) is 0 Å². The predicted octanol–water partition coefficient (Wildman–Crippen LogP) is -1.05. The third kappa shape index (κ3) is 4.58. The van der Waals surface area contributed by atoms with Gasteiger partial charge in [0.05, 0.1) is 32.0 Å². The van der Waals surface area contributed by atoms with Gasteiger partial charge in [0.25, 0.3) is 0 Å². The summed E-state index contributed by atoms with van der Waals surface area (Å²) in [5.74, 6) is 0.755. The van der Waals surface area contributed by atoms with Crippen molar-refractivity contribution in [2.24, 2.45) is 11.3 Å². The normalized spacial score (nSPS) is 35.6. The third-order valence-electron chi connectivity index (χ3n) is 4.76. The van der Waals surface area contributed by atoms with E-state index < -0.39 is 23.9 Å². The highest BCUT2D eigenvalue weighted by molar-refractivity contribution is 7.99. The van der Waals surface area contributed by atoms with E-state index in [0.29, 0.717) is 18.1 Å². The van der Waals surface area contributed by atoms with Gasteiger partial charge in [0, 0.05) is 29.4 Å². The smallest absolute Gasteiger partial charge is 0.186 e. The highest BCUT2D eigenvalue weighted by atomic mass is 32.2. The maximum Gasteiger partial charge on any atom is 0.186 e. The highest BCUT2D eigenvalue weighted by Crippen LogP contribution is 2.34. The molecule has 0 amide bonds. The molecule has 7 nitrogen and oxygen atoms in total. The van der Waals surface area contributed by atoms with Gasteiger partial charge in [-0.25, -0.2) is 0 Å². The number of hydrogen-bond acceptors (Lipinski definition) is 8. The van der Waals surface area contributed by atoms with Gasteiger partial charge in [0.1, 0.15) is 6.10 Å². The lowest BCUT2D eigenvalue weighted by Gasteiger charge is -2.42. The molecule has 0 aromatic heterocycles. The molecule has 0 spiro atoms. The Bertz CT molecular complexity index is 342. The molecule has 3 rings (SSSR count). The lowest BCUT2D eigenvalue weighted by molar-refractivity contribution is -0.277. The zero-order valence-corrected chi connectivity index (χ0v) is 14.0. The Kier molecular flexibility index (Phi) is 7.56. The molecule has 3 heterocycles. The van der Waals surface area contributed by atoms with Gasteiger partial charge in [0.15, 0.2) is 6.29 Å². The Labute approximate surface area is 140 Å². The van der Waals surface area contributed by atoms with Crippen molar-refractivity contribution in [3.63, 3.8) is 0 Å². The fourth-order valence-electron chi connectivity index (χ4n) is 3.01. The molecule has 5 N–H and O–H groups in total. The van der Waals surface area contributed by atoms with Crippen LogP contribution in [-0.4, -0.2) is 88.1 Å². The second-order valence-electron chi connectivity index (χ2n) is 6.54. The third-order valence-corrected chi connectivity index (χ3v) is 6.15. The lowest BCUT2D eigenvalue weighted by Crippen LogP contribution is -2.55. The minimum Gasteiger partial charge on any atom is -0.396 e. The quantitative estimate of drug-likeness (QED) is 0.394. The number of thioether (sulfide) groups is 1. The van der Waals surface area contributed by atoms with E-state index in [1.165, 1.54) is 11.8 Å². The zero-order valence-electron chi connectivity index (χ0n) is 13.2. The monoisotopic (exact) mass is 352 g/mol. The largest absolute Gasteiger partial charge is 0.396 e.